The summed E-state index contributed by atoms with van der Waals surface area (Å²) in [6, 6.07) is 9.80. The van der Waals surface area contributed by atoms with E-state index in [2.05, 4.69) is 14.9 Å². The van der Waals surface area contributed by atoms with E-state index in [-0.39, 0.29) is 18.0 Å². The highest BCUT2D eigenvalue weighted by atomic mass is 32.2. The number of piperidine rings is 1. The molecule has 24 heavy (non-hydrogen) atoms. The molecule has 1 atom stereocenters. The molecule has 0 bridgehead atoms. The van der Waals surface area contributed by atoms with Gasteiger partial charge >= 0.3 is 0 Å². The molecule has 1 heterocycles. The molecule has 6 nitrogen and oxygen atoms in total. The highest BCUT2D eigenvalue weighted by Gasteiger charge is 2.34. The molecule has 0 aromatic heterocycles. The monoisotopic (exact) mass is 351 g/mol. The van der Waals surface area contributed by atoms with E-state index < -0.39 is 10.0 Å². The summed E-state index contributed by atoms with van der Waals surface area (Å²) >= 11 is 0. The smallest absolute Gasteiger partial charge is 0.242 e. The lowest BCUT2D eigenvalue weighted by Gasteiger charge is -2.37. The third-order valence-corrected chi connectivity index (χ3v) is 5.32. The van der Waals surface area contributed by atoms with Crippen molar-refractivity contribution >= 4 is 15.9 Å². The quantitative estimate of drug-likeness (QED) is 0.802. The first-order valence-corrected chi connectivity index (χ1v) is 10.4. The number of sulfonamides is 1. The number of amides is 1. The van der Waals surface area contributed by atoms with Gasteiger partial charge in [-0.1, -0.05) is 30.3 Å². The summed E-state index contributed by atoms with van der Waals surface area (Å²) in [5.74, 6) is 0.0539. The third-order valence-electron chi connectivity index (χ3n) is 4.56. The maximum absolute atomic E-state index is 12.7. The fourth-order valence-electron chi connectivity index (χ4n) is 3.25. The minimum absolute atomic E-state index is 0.0424. The largest absolute Gasteiger partial charge is 0.352 e. The number of hydrogen-bond donors (Lipinski definition) is 2. The van der Waals surface area contributed by atoms with Crippen LogP contribution in [0.1, 0.15) is 37.3 Å². The van der Waals surface area contributed by atoms with E-state index in [1.165, 1.54) is 6.26 Å². The number of likely N-dealkylation sites (tertiary alicyclic amines) is 1. The fourth-order valence-corrected chi connectivity index (χ4v) is 4.09. The molecule has 0 spiro atoms. The molecule has 3 rings (SSSR count). The van der Waals surface area contributed by atoms with Crippen LogP contribution in [-0.4, -0.2) is 50.7 Å². The fraction of sp³-hybridized carbons (Fsp3) is 0.588. The lowest BCUT2D eigenvalue weighted by molar-refractivity contribution is -0.127. The van der Waals surface area contributed by atoms with Crippen molar-refractivity contribution in [3.63, 3.8) is 0 Å². The van der Waals surface area contributed by atoms with Crippen molar-refractivity contribution in [3.8, 4) is 0 Å². The molecule has 1 saturated heterocycles. The van der Waals surface area contributed by atoms with Gasteiger partial charge in [-0.15, -0.1) is 0 Å². The Morgan fingerprint density at radius 3 is 2.25 bits per heavy atom. The van der Waals surface area contributed by atoms with E-state index in [4.69, 9.17) is 0 Å². The third kappa shape index (κ3) is 4.78. The van der Waals surface area contributed by atoms with E-state index in [1.54, 1.807) is 0 Å². The number of carbonyl (C=O) groups excluding carboxylic acids is 1. The lowest BCUT2D eigenvalue weighted by atomic mass is 9.99. The number of nitrogens with zero attached hydrogens (tertiary/aromatic N) is 1. The van der Waals surface area contributed by atoms with E-state index in [0.717, 1.165) is 18.4 Å². The van der Waals surface area contributed by atoms with Gasteiger partial charge in [-0.05, 0) is 31.2 Å². The molecule has 7 heteroatoms. The number of benzene rings is 1. The average Bonchev–Trinajstić information content (AvgIpc) is 3.33. The first-order chi connectivity index (χ1) is 11.4. The Labute approximate surface area is 143 Å². The summed E-state index contributed by atoms with van der Waals surface area (Å²) in [7, 11) is -3.19. The van der Waals surface area contributed by atoms with Crippen LogP contribution in [0.15, 0.2) is 30.3 Å². The summed E-state index contributed by atoms with van der Waals surface area (Å²) < 4.78 is 25.4. The Morgan fingerprint density at radius 2 is 1.71 bits per heavy atom. The van der Waals surface area contributed by atoms with Crippen LogP contribution >= 0.6 is 0 Å². The van der Waals surface area contributed by atoms with Crippen molar-refractivity contribution in [2.75, 3.05) is 19.3 Å². The van der Waals surface area contributed by atoms with Crippen LogP contribution in [0.2, 0.25) is 0 Å². The second-order valence-corrected chi connectivity index (χ2v) is 8.58. The highest BCUT2D eigenvalue weighted by Crippen LogP contribution is 2.27. The summed E-state index contributed by atoms with van der Waals surface area (Å²) in [5, 5.41) is 3.11. The van der Waals surface area contributed by atoms with Crippen LogP contribution in [-0.2, 0) is 14.8 Å². The molecule has 2 fully saturated rings. The summed E-state index contributed by atoms with van der Waals surface area (Å²) in [6.45, 7) is 1.40. The minimum atomic E-state index is -3.19. The molecule has 1 unspecified atom stereocenters. The van der Waals surface area contributed by atoms with Crippen LogP contribution in [0.4, 0.5) is 0 Å². The SMILES string of the molecule is CS(=O)(=O)NC1CCN(C(C(=O)NC2CC2)c2ccccc2)CC1. The van der Waals surface area contributed by atoms with Gasteiger partial charge in [0.25, 0.3) is 0 Å². The van der Waals surface area contributed by atoms with Gasteiger partial charge in [0.2, 0.25) is 15.9 Å². The lowest BCUT2D eigenvalue weighted by Crippen LogP contribution is -2.49. The number of nitrogens with one attached hydrogen (secondary N) is 2. The second kappa shape index (κ2) is 7.21. The van der Waals surface area contributed by atoms with Gasteiger partial charge in [0, 0.05) is 25.2 Å². The molecule has 1 aromatic carbocycles. The first-order valence-electron chi connectivity index (χ1n) is 8.49. The minimum Gasteiger partial charge on any atom is -0.352 e. The molecule has 1 aromatic rings. The Kier molecular flexibility index (Phi) is 5.22. The van der Waals surface area contributed by atoms with Gasteiger partial charge in [-0.25, -0.2) is 13.1 Å². The van der Waals surface area contributed by atoms with Gasteiger partial charge in [0.15, 0.2) is 0 Å². The van der Waals surface area contributed by atoms with Gasteiger partial charge in [0.1, 0.15) is 6.04 Å². The van der Waals surface area contributed by atoms with Crippen molar-refractivity contribution in [1.29, 1.82) is 0 Å². The Morgan fingerprint density at radius 1 is 1.08 bits per heavy atom. The van der Waals surface area contributed by atoms with Gasteiger partial charge < -0.3 is 5.32 Å². The van der Waals surface area contributed by atoms with Crippen LogP contribution in [0.3, 0.4) is 0 Å². The highest BCUT2D eigenvalue weighted by molar-refractivity contribution is 7.88. The number of carbonyl (C=O) groups is 1. The first kappa shape index (κ1) is 17.4. The van der Waals surface area contributed by atoms with E-state index in [0.29, 0.717) is 32.0 Å². The average molecular weight is 351 g/mol. The van der Waals surface area contributed by atoms with Crippen molar-refractivity contribution in [2.45, 2.75) is 43.8 Å². The zero-order chi connectivity index (χ0) is 17.2. The summed E-state index contributed by atoms with van der Waals surface area (Å²) in [5.41, 5.74) is 0.991. The predicted molar refractivity (Wildman–Crippen MR) is 92.9 cm³/mol. The van der Waals surface area contributed by atoms with Crippen molar-refractivity contribution in [3.05, 3.63) is 35.9 Å². The second-order valence-electron chi connectivity index (χ2n) is 6.80. The maximum atomic E-state index is 12.7. The normalized spacial score (nSPS) is 21.4. The molecule has 1 aliphatic carbocycles. The molecule has 1 saturated carbocycles. The van der Waals surface area contributed by atoms with Gasteiger partial charge in [0.05, 0.1) is 6.26 Å². The standard InChI is InChI=1S/C17H25N3O3S/c1-24(22,23)19-15-9-11-20(12-10-15)16(13-5-3-2-4-6-13)17(21)18-14-7-8-14/h2-6,14-16,19H,7-12H2,1H3,(H,18,21). The zero-order valence-corrected chi connectivity index (χ0v) is 14.8. The topological polar surface area (TPSA) is 78.5 Å². The van der Waals surface area contributed by atoms with E-state index >= 15 is 0 Å². The molecule has 2 aliphatic rings. The summed E-state index contributed by atoms with van der Waals surface area (Å²) in [6.07, 6.45) is 4.75. The molecule has 0 radical (unpaired) electrons. The van der Waals surface area contributed by atoms with E-state index in [9.17, 15) is 13.2 Å². The van der Waals surface area contributed by atoms with Crippen LogP contribution in [0.5, 0.6) is 0 Å². The number of hydrogen-bond acceptors (Lipinski definition) is 4. The molecular formula is C17H25N3O3S. The van der Waals surface area contributed by atoms with Crippen molar-refractivity contribution in [2.24, 2.45) is 0 Å². The van der Waals surface area contributed by atoms with Gasteiger partial charge in [-0.3, -0.25) is 9.69 Å². The Bertz CT molecular complexity index is 666. The molecular weight excluding hydrogens is 326 g/mol. The van der Waals surface area contributed by atoms with Crippen LogP contribution in [0.25, 0.3) is 0 Å². The number of rotatable bonds is 6. The molecule has 132 valence electrons. The predicted octanol–water partition coefficient (Wildman–Crippen LogP) is 1.02. The van der Waals surface area contributed by atoms with Gasteiger partial charge in [-0.2, -0.15) is 0 Å². The van der Waals surface area contributed by atoms with Crippen molar-refractivity contribution in [1.82, 2.24) is 14.9 Å². The Balaban J connectivity index is 1.69. The molecule has 2 N–H and O–H groups in total. The Hall–Kier alpha value is -1.44. The molecule has 1 aliphatic heterocycles. The van der Waals surface area contributed by atoms with E-state index in [1.807, 2.05) is 30.3 Å². The molecule has 1 amide bonds. The maximum Gasteiger partial charge on any atom is 0.242 e. The van der Waals surface area contributed by atoms with Crippen LogP contribution in [0, 0.1) is 0 Å². The summed E-state index contributed by atoms with van der Waals surface area (Å²) in [4.78, 5) is 14.9. The van der Waals surface area contributed by atoms with Crippen molar-refractivity contribution < 1.29 is 13.2 Å². The van der Waals surface area contributed by atoms with Crippen LogP contribution < -0.4 is 10.0 Å². The zero-order valence-electron chi connectivity index (χ0n) is 13.9.